The standard InChI is InChI=1S/C13H25NO/c1-11(2)13(6-3-4-7-14-13)9-12-5-8-15-10-12/h11-12,14H,3-10H2,1-2H3. The quantitative estimate of drug-likeness (QED) is 0.774. The highest BCUT2D eigenvalue weighted by atomic mass is 16.5. The van der Waals surface area contributed by atoms with Crippen molar-refractivity contribution in [2.45, 2.75) is 51.5 Å². The van der Waals surface area contributed by atoms with Gasteiger partial charge in [-0.15, -0.1) is 0 Å². The highest BCUT2D eigenvalue weighted by molar-refractivity contribution is 4.95. The molecule has 15 heavy (non-hydrogen) atoms. The molecule has 2 nitrogen and oxygen atoms in total. The van der Waals surface area contributed by atoms with Gasteiger partial charge in [-0.25, -0.2) is 0 Å². The zero-order valence-corrected chi connectivity index (χ0v) is 10.2. The molecule has 0 radical (unpaired) electrons. The van der Waals surface area contributed by atoms with E-state index in [-0.39, 0.29) is 0 Å². The van der Waals surface area contributed by atoms with Crippen LogP contribution in [0.3, 0.4) is 0 Å². The summed E-state index contributed by atoms with van der Waals surface area (Å²) in [5.74, 6) is 1.55. The van der Waals surface area contributed by atoms with Crippen molar-refractivity contribution in [3.05, 3.63) is 0 Å². The first-order valence-electron chi connectivity index (χ1n) is 6.56. The lowest BCUT2D eigenvalue weighted by molar-refractivity contribution is 0.128. The second-order valence-corrected chi connectivity index (χ2v) is 5.63. The zero-order valence-electron chi connectivity index (χ0n) is 10.2. The fourth-order valence-electron chi connectivity index (χ4n) is 3.15. The molecule has 2 rings (SSSR count). The molecule has 2 unspecified atom stereocenters. The van der Waals surface area contributed by atoms with Crippen molar-refractivity contribution in [2.75, 3.05) is 19.8 Å². The number of ether oxygens (including phenoxy) is 1. The first-order valence-corrected chi connectivity index (χ1v) is 6.56. The van der Waals surface area contributed by atoms with Gasteiger partial charge in [-0.2, -0.15) is 0 Å². The van der Waals surface area contributed by atoms with E-state index in [9.17, 15) is 0 Å². The highest BCUT2D eigenvalue weighted by Crippen LogP contribution is 2.35. The fraction of sp³-hybridized carbons (Fsp3) is 1.00. The number of hydrogen-bond acceptors (Lipinski definition) is 2. The summed E-state index contributed by atoms with van der Waals surface area (Å²) in [6.07, 6.45) is 6.72. The Morgan fingerprint density at radius 1 is 1.40 bits per heavy atom. The number of nitrogens with one attached hydrogen (secondary N) is 1. The van der Waals surface area contributed by atoms with Crippen LogP contribution in [0, 0.1) is 11.8 Å². The molecule has 0 aromatic carbocycles. The molecule has 2 heteroatoms. The Labute approximate surface area is 93.8 Å². The van der Waals surface area contributed by atoms with E-state index in [1.165, 1.54) is 38.6 Å². The first-order chi connectivity index (χ1) is 7.23. The van der Waals surface area contributed by atoms with Crippen LogP contribution in [-0.2, 0) is 4.74 Å². The Kier molecular flexibility index (Phi) is 3.68. The van der Waals surface area contributed by atoms with Crippen LogP contribution >= 0.6 is 0 Å². The predicted octanol–water partition coefficient (Wildman–Crippen LogP) is 2.58. The van der Waals surface area contributed by atoms with Crippen LogP contribution in [0.5, 0.6) is 0 Å². The molecule has 2 heterocycles. The third kappa shape index (κ3) is 2.54. The number of hydrogen-bond donors (Lipinski definition) is 1. The summed E-state index contributed by atoms with van der Waals surface area (Å²) < 4.78 is 5.50. The molecule has 2 aliphatic rings. The Hall–Kier alpha value is -0.0800. The van der Waals surface area contributed by atoms with Gasteiger partial charge < -0.3 is 10.1 Å². The molecule has 1 N–H and O–H groups in total. The SMILES string of the molecule is CC(C)C1(CC2CCOC2)CCCCN1. The fourth-order valence-corrected chi connectivity index (χ4v) is 3.15. The van der Waals surface area contributed by atoms with E-state index in [1.54, 1.807) is 0 Å². The minimum absolute atomic E-state index is 0.413. The van der Waals surface area contributed by atoms with E-state index in [4.69, 9.17) is 4.74 Å². The summed E-state index contributed by atoms with van der Waals surface area (Å²) in [6, 6.07) is 0. The highest BCUT2D eigenvalue weighted by Gasteiger charge is 2.37. The summed E-state index contributed by atoms with van der Waals surface area (Å²) in [5.41, 5.74) is 0.413. The summed E-state index contributed by atoms with van der Waals surface area (Å²) in [7, 11) is 0. The van der Waals surface area contributed by atoms with Gasteiger partial charge in [-0.1, -0.05) is 20.3 Å². The van der Waals surface area contributed by atoms with Gasteiger partial charge in [-0.05, 0) is 44.1 Å². The monoisotopic (exact) mass is 211 g/mol. The topological polar surface area (TPSA) is 21.3 Å². The molecule has 0 bridgehead atoms. The predicted molar refractivity (Wildman–Crippen MR) is 63.0 cm³/mol. The number of piperidine rings is 1. The molecule has 0 saturated carbocycles. The summed E-state index contributed by atoms with van der Waals surface area (Å²) in [4.78, 5) is 0. The second-order valence-electron chi connectivity index (χ2n) is 5.63. The second kappa shape index (κ2) is 4.84. The average molecular weight is 211 g/mol. The minimum atomic E-state index is 0.413. The van der Waals surface area contributed by atoms with E-state index < -0.39 is 0 Å². The van der Waals surface area contributed by atoms with Crippen LogP contribution in [0.2, 0.25) is 0 Å². The van der Waals surface area contributed by atoms with Crippen molar-refractivity contribution in [1.29, 1.82) is 0 Å². The normalized spacial score (nSPS) is 37.4. The van der Waals surface area contributed by atoms with Crippen LogP contribution in [0.25, 0.3) is 0 Å². The largest absolute Gasteiger partial charge is 0.381 e. The Morgan fingerprint density at radius 3 is 2.80 bits per heavy atom. The molecule has 0 aliphatic carbocycles. The first kappa shape index (κ1) is 11.4. The van der Waals surface area contributed by atoms with Crippen molar-refractivity contribution >= 4 is 0 Å². The maximum atomic E-state index is 5.50. The van der Waals surface area contributed by atoms with Gasteiger partial charge >= 0.3 is 0 Å². The van der Waals surface area contributed by atoms with E-state index in [2.05, 4.69) is 19.2 Å². The molecule has 0 aromatic rings. The van der Waals surface area contributed by atoms with Crippen LogP contribution < -0.4 is 5.32 Å². The van der Waals surface area contributed by atoms with E-state index in [0.717, 1.165) is 25.0 Å². The van der Waals surface area contributed by atoms with Crippen molar-refractivity contribution in [2.24, 2.45) is 11.8 Å². The summed E-state index contributed by atoms with van der Waals surface area (Å²) in [5, 5.41) is 3.80. The molecular formula is C13H25NO. The lowest BCUT2D eigenvalue weighted by Crippen LogP contribution is -2.53. The third-order valence-electron chi connectivity index (χ3n) is 4.31. The van der Waals surface area contributed by atoms with E-state index in [0.29, 0.717) is 5.54 Å². The molecule has 0 spiro atoms. The maximum Gasteiger partial charge on any atom is 0.0495 e. The zero-order chi connectivity index (χ0) is 10.7. The molecule has 0 aromatic heterocycles. The van der Waals surface area contributed by atoms with E-state index in [1.807, 2.05) is 0 Å². The lowest BCUT2D eigenvalue weighted by Gasteiger charge is -2.43. The van der Waals surface area contributed by atoms with Crippen LogP contribution in [0.4, 0.5) is 0 Å². The number of rotatable bonds is 3. The van der Waals surface area contributed by atoms with Gasteiger partial charge in [0.25, 0.3) is 0 Å². The van der Waals surface area contributed by atoms with E-state index >= 15 is 0 Å². The smallest absolute Gasteiger partial charge is 0.0495 e. The average Bonchev–Trinajstić information content (AvgIpc) is 2.71. The Balaban J connectivity index is 1.97. The van der Waals surface area contributed by atoms with Gasteiger partial charge in [0.2, 0.25) is 0 Å². The maximum absolute atomic E-state index is 5.50. The van der Waals surface area contributed by atoms with Gasteiger partial charge in [0.15, 0.2) is 0 Å². The van der Waals surface area contributed by atoms with Crippen LogP contribution in [0.1, 0.15) is 46.0 Å². The van der Waals surface area contributed by atoms with Crippen molar-refractivity contribution in [1.82, 2.24) is 5.32 Å². The van der Waals surface area contributed by atoms with Crippen molar-refractivity contribution in [3.63, 3.8) is 0 Å². The lowest BCUT2D eigenvalue weighted by atomic mass is 9.73. The minimum Gasteiger partial charge on any atom is -0.381 e. The molecule has 2 fully saturated rings. The van der Waals surface area contributed by atoms with Crippen molar-refractivity contribution < 1.29 is 4.74 Å². The van der Waals surface area contributed by atoms with Gasteiger partial charge in [0.05, 0.1) is 0 Å². The van der Waals surface area contributed by atoms with Crippen LogP contribution in [-0.4, -0.2) is 25.3 Å². The molecule has 2 saturated heterocycles. The van der Waals surface area contributed by atoms with Crippen molar-refractivity contribution in [3.8, 4) is 0 Å². The van der Waals surface area contributed by atoms with Crippen LogP contribution in [0.15, 0.2) is 0 Å². The molecule has 88 valence electrons. The van der Waals surface area contributed by atoms with Gasteiger partial charge in [-0.3, -0.25) is 0 Å². The summed E-state index contributed by atoms with van der Waals surface area (Å²) >= 11 is 0. The van der Waals surface area contributed by atoms with Gasteiger partial charge in [0, 0.05) is 18.8 Å². The molecule has 2 aliphatic heterocycles. The third-order valence-corrected chi connectivity index (χ3v) is 4.31. The summed E-state index contributed by atoms with van der Waals surface area (Å²) in [6.45, 7) is 7.93. The Morgan fingerprint density at radius 2 is 2.27 bits per heavy atom. The molecule has 2 atom stereocenters. The molecule has 0 amide bonds. The Bertz CT molecular complexity index is 191. The molecular weight excluding hydrogens is 186 g/mol. The van der Waals surface area contributed by atoms with Gasteiger partial charge in [0.1, 0.15) is 0 Å².